The van der Waals surface area contributed by atoms with Crippen LogP contribution in [-0.2, 0) is 16.2 Å². The predicted molar refractivity (Wildman–Crippen MR) is 32.7 cm³/mol. The Morgan fingerprint density at radius 3 is 1.60 bits per heavy atom. The van der Waals surface area contributed by atoms with Crippen molar-refractivity contribution in [3.05, 3.63) is 0 Å². The highest BCUT2D eigenvalue weighted by atomic mass is 32.2. The van der Waals surface area contributed by atoms with Crippen molar-refractivity contribution in [2.24, 2.45) is 0 Å². The number of carboxylic acid groups (broad SMARTS) is 1. The van der Waals surface area contributed by atoms with Gasteiger partial charge in [-0.15, -0.1) is 0 Å². The van der Waals surface area contributed by atoms with Gasteiger partial charge in [0, 0.05) is 0 Å². The van der Waals surface area contributed by atoms with Crippen molar-refractivity contribution < 1.29 is 28.3 Å². The number of rotatable bonds is 1. The van der Waals surface area contributed by atoms with Gasteiger partial charge in [-0.25, -0.2) is 4.79 Å². The van der Waals surface area contributed by atoms with E-state index in [9.17, 15) is 4.79 Å². The lowest BCUT2D eigenvalue weighted by atomic mass is 10.4. The van der Waals surface area contributed by atoms with Gasteiger partial charge in [0.25, 0.3) is 11.4 Å². The lowest BCUT2D eigenvalue weighted by molar-refractivity contribution is -0.145. The molecule has 0 fully saturated rings. The summed E-state index contributed by atoms with van der Waals surface area (Å²) in [7, 11) is 0. The van der Waals surface area contributed by atoms with Crippen LogP contribution in [0.1, 0.15) is 6.92 Å². The average Bonchev–Trinajstić information content (AvgIpc) is 1.63. The van der Waals surface area contributed by atoms with Gasteiger partial charge in [-0.05, 0) is 6.92 Å². The van der Waals surface area contributed by atoms with E-state index in [1.54, 1.807) is 0 Å². The Hall–Kier alpha value is -0.500. The van der Waals surface area contributed by atoms with Crippen molar-refractivity contribution in [1.29, 1.82) is 0 Å². The van der Waals surface area contributed by atoms with Crippen molar-refractivity contribution in [3.8, 4) is 0 Å². The summed E-state index contributed by atoms with van der Waals surface area (Å²) in [6.07, 6.45) is -1.23. The Morgan fingerprint density at radius 1 is 1.50 bits per heavy atom. The normalized spacial score (nSPS) is 11.7. The standard InChI is InChI=1S/C3H6O3.H2O3S/c1-2(4)3(5)6;1-4(2)3/h2,4H,1H3,(H,5,6);(H2,1,2,3). The molecule has 0 amide bonds. The molecular formula is C3H8O6S. The Kier molecular flexibility index (Phi) is 8.07. The van der Waals surface area contributed by atoms with Crippen LogP contribution in [0, 0.1) is 0 Å². The molecular weight excluding hydrogens is 164 g/mol. The topological polar surface area (TPSA) is 115 Å². The summed E-state index contributed by atoms with van der Waals surface area (Å²) in [5, 5.41) is 15.8. The quantitative estimate of drug-likeness (QED) is 0.382. The molecule has 0 rings (SSSR count). The molecule has 0 bridgehead atoms. The molecule has 0 aromatic rings. The SMILES string of the molecule is CC(O)C(=O)O.O=S(O)O. The van der Waals surface area contributed by atoms with E-state index in [2.05, 4.69) is 0 Å². The molecule has 6 nitrogen and oxygen atoms in total. The zero-order valence-electron chi connectivity index (χ0n) is 5.09. The van der Waals surface area contributed by atoms with Gasteiger partial charge in [0.05, 0.1) is 0 Å². The molecule has 0 aliphatic rings. The summed E-state index contributed by atoms with van der Waals surface area (Å²) in [5.41, 5.74) is 0. The Morgan fingerprint density at radius 2 is 1.60 bits per heavy atom. The van der Waals surface area contributed by atoms with Crippen LogP contribution in [0.4, 0.5) is 0 Å². The van der Waals surface area contributed by atoms with Crippen molar-refractivity contribution in [3.63, 3.8) is 0 Å². The number of aliphatic carboxylic acids is 1. The maximum atomic E-state index is 9.45. The molecule has 1 atom stereocenters. The van der Waals surface area contributed by atoms with Gasteiger partial charge in [-0.3, -0.25) is 9.11 Å². The smallest absolute Gasteiger partial charge is 0.332 e. The third kappa shape index (κ3) is 25.9. The molecule has 0 radical (unpaired) electrons. The van der Waals surface area contributed by atoms with Gasteiger partial charge in [-0.2, -0.15) is 4.21 Å². The number of carbonyl (C=O) groups is 1. The van der Waals surface area contributed by atoms with Crippen molar-refractivity contribution in [2.45, 2.75) is 13.0 Å². The van der Waals surface area contributed by atoms with E-state index in [1.807, 2.05) is 0 Å². The highest BCUT2D eigenvalue weighted by Gasteiger charge is 2.01. The number of aliphatic hydroxyl groups excluding tert-OH is 1. The maximum absolute atomic E-state index is 9.45. The number of hydrogen-bond acceptors (Lipinski definition) is 3. The Bertz CT molecular complexity index is 116. The summed E-state index contributed by atoms with van der Waals surface area (Å²) in [5.74, 6) is -1.19. The van der Waals surface area contributed by atoms with Crippen LogP contribution in [-0.4, -0.2) is 35.6 Å². The molecule has 0 aliphatic heterocycles. The summed E-state index contributed by atoms with van der Waals surface area (Å²) < 4.78 is 22.8. The van der Waals surface area contributed by atoms with E-state index < -0.39 is 23.4 Å². The van der Waals surface area contributed by atoms with E-state index in [1.165, 1.54) is 6.92 Å². The van der Waals surface area contributed by atoms with Crippen molar-refractivity contribution in [2.75, 3.05) is 0 Å². The molecule has 0 heterocycles. The minimum atomic E-state index is -2.61. The first-order valence-electron chi connectivity index (χ1n) is 2.08. The first-order chi connectivity index (χ1) is 4.37. The van der Waals surface area contributed by atoms with E-state index in [0.717, 1.165) is 0 Å². The first kappa shape index (κ1) is 12.2. The molecule has 0 aliphatic carbocycles. The first-order valence-corrected chi connectivity index (χ1v) is 3.15. The number of carboxylic acids is 1. The van der Waals surface area contributed by atoms with Gasteiger partial charge >= 0.3 is 5.97 Å². The molecule has 4 N–H and O–H groups in total. The van der Waals surface area contributed by atoms with Gasteiger partial charge in [0.1, 0.15) is 6.10 Å². The fourth-order valence-corrected chi connectivity index (χ4v) is 0. The van der Waals surface area contributed by atoms with Crippen LogP contribution in [0.25, 0.3) is 0 Å². The van der Waals surface area contributed by atoms with Crippen LogP contribution in [0.2, 0.25) is 0 Å². The summed E-state index contributed by atoms with van der Waals surface area (Å²) >= 11 is -2.61. The second-order valence-electron chi connectivity index (χ2n) is 1.24. The molecule has 7 heteroatoms. The van der Waals surface area contributed by atoms with Crippen molar-refractivity contribution >= 4 is 17.3 Å². The van der Waals surface area contributed by atoms with E-state index >= 15 is 0 Å². The highest BCUT2D eigenvalue weighted by molar-refractivity contribution is 7.73. The van der Waals surface area contributed by atoms with E-state index in [4.69, 9.17) is 23.5 Å². The molecule has 62 valence electrons. The largest absolute Gasteiger partial charge is 0.479 e. The fraction of sp³-hybridized carbons (Fsp3) is 0.667. The minimum Gasteiger partial charge on any atom is -0.479 e. The molecule has 0 saturated carbocycles. The number of hydrogen-bond donors (Lipinski definition) is 4. The molecule has 0 spiro atoms. The predicted octanol–water partition coefficient (Wildman–Crippen LogP) is -0.867. The lowest BCUT2D eigenvalue weighted by Gasteiger charge is -1.89. The van der Waals surface area contributed by atoms with Gasteiger partial charge in [-0.1, -0.05) is 0 Å². The van der Waals surface area contributed by atoms with E-state index in [-0.39, 0.29) is 0 Å². The highest BCUT2D eigenvalue weighted by Crippen LogP contribution is 1.73. The van der Waals surface area contributed by atoms with Crippen LogP contribution in [0.5, 0.6) is 0 Å². The number of aliphatic hydroxyl groups is 1. The summed E-state index contributed by atoms with van der Waals surface area (Å²) in [4.78, 5) is 9.45. The van der Waals surface area contributed by atoms with E-state index in [0.29, 0.717) is 0 Å². The maximum Gasteiger partial charge on any atom is 0.332 e. The zero-order valence-corrected chi connectivity index (χ0v) is 5.91. The fourth-order valence-electron chi connectivity index (χ4n) is 0. The summed E-state index contributed by atoms with van der Waals surface area (Å²) in [6, 6.07) is 0. The van der Waals surface area contributed by atoms with Crippen LogP contribution in [0.15, 0.2) is 0 Å². The van der Waals surface area contributed by atoms with Gasteiger partial charge < -0.3 is 10.2 Å². The van der Waals surface area contributed by atoms with Crippen molar-refractivity contribution in [1.82, 2.24) is 0 Å². The third-order valence-electron chi connectivity index (χ3n) is 0.357. The zero-order chi connectivity index (χ0) is 8.73. The molecule has 1 unspecified atom stereocenters. The third-order valence-corrected chi connectivity index (χ3v) is 0.357. The van der Waals surface area contributed by atoms with Crippen LogP contribution >= 0.6 is 0 Å². The Labute approximate surface area is 59.6 Å². The monoisotopic (exact) mass is 172 g/mol. The summed E-state index contributed by atoms with van der Waals surface area (Å²) in [6.45, 7) is 1.20. The minimum absolute atomic E-state index is 1.19. The van der Waals surface area contributed by atoms with Gasteiger partial charge in [0.15, 0.2) is 0 Å². The van der Waals surface area contributed by atoms with Crippen LogP contribution < -0.4 is 0 Å². The second-order valence-corrected chi connectivity index (χ2v) is 1.71. The molecule has 10 heavy (non-hydrogen) atoms. The average molecular weight is 172 g/mol. The molecule has 0 aromatic heterocycles. The lowest BCUT2D eigenvalue weighted by Crippen LogP contribution is -2.13. The Balaban J connectivity index is 0. The second kappa shape index (κ2) is 6.62. The molecule has 0 saturated heterocycles. The van der Waals surface area contributed by atoms with Gasteiger partial charge in [0.2, 0.25) is 0 Å². The van der Waals surface area contributed by atoms with Crippen LogP contribution in [0.3, 0.4) is 0 Å². The molecule has 0 aromatic carbocycles.